The molecule has 0 bridgehead atoms. The molecule has 4 atom stereocenters. The van der Waals surface area contributed by atoms with Crippen molar-refractivity contribution in [2.45, 2.75) is 89.9 Å². The topological polar surface area (TPSA) is 54.0 Å². The Balaban J connectivity index is 2.23. The summed E-state index contributed by atoms with van der Waals surface area (Å²) in [7, 11) is -1.95. The van der Waals surface area contributed by atoms with E-state index in [-0.39, 0.29) is 29.3 Å². The van der Waals surface area contributed by atoms with Gasteiger partial charge in [-0.1, -0.05) is 26.8 Å². The Bertz CT molecular complexity index is 492. The van der Waals surface area contributed by atoms with Gasteiger partial charge in [-0.05, 0) is 38.1 Å². The zero-order valence-electron chi connectivity index (χ0n) is 15.5. The van der Waals surface area contributed by atoms with Gasteiger partial charge in [0.1, 0.15) is 18.3 Å². The number of carbonyl (C=O) groups is 1. The first-order valence-corrected chi connectivity index (χ1v) is 11.1. The maximum Gasteiger partial charge on any atom is 0.303 e. The first-order chi connectivity index (χ1) is 10.3. The van der Waals surface area contributed by atoms with Gasteiger partial charge in [-0.15, -0.1) is 0 Å². The molecule has 1 aliphatic heterocycles. The quantitative estimate of drug-likeness (QED) is 0.447. The fraction of sp³-hybridized carbons (Fsp3) is 0.824. The maximum absolute atomic E-state index is 11.3. The van der Waals surface area contributed by atoms with Gasteiger partial charge in [0.15, 0.2) is 14.1 Å². The largest absolute Gasteiger partial charge is 0.455 e. The molecule has 5 nitrogen and oxygen atoms in total. The molecule has 2 aliphatic rings. The monoisotopic (exact) mass is 342 g/mol. The van der Waals surface area contributed by atoms with Gasteiger partial charge in [0.2, 0.25) is 0 Å². The van der Waals surface area contributed by atoms with Crippen LogP contribution in [0.2, 0.25) is 18.1 Å². The van der Waals surface area contributed by atoms with Crippen molar-refractivity contribution >= 4 is 14.3 Å². The highest BCUT2D eigenvalue weighted by Crippen LogP contribution is 2.42. The molecule has 0 aromatic rings. The van der Waals surface area contributed by atoms with E-state index >= 15 is 0 Å². The first-order valence-electron chi connectivity index (χ1n) is 8.21. The van der Waals surface area contributed by atoms with E-state index in [9.17, 15) is 4.79 Å². The minimum atomic E-state index is -1.95. The Hall–Kier alpha value is -0.693. The number of ether oxygens (including phenoxy) is 3. The number of hydrogen-bond donors (Lipinski definition) is 0. The molecule has 0 N–H and O–H groups in total. The standard InChI is InChI=1S/C17H30O5Si/c1-11(18)19-12-9-10-13(22-23(7,8)16(2,3)4)15-14(12)20-17(5,6)21-15/h9-10,12-15H,1-8H3/t12-,13+,14+,15-/m1/s1. The molecule has 1 aliphatic carbocycles. The highest BCUT2D eigenvalue weighted by Gasteiger charge is 2.52. The minimum Gasteiger partial charge on any atom is -0.455 e. The summed E-state index contributed by atoms with van der Waals surface area (Å²) in [4.78, 5) is 11.3. The van der Waals surface area contributed by atoms with Crippen molar-refractivity contribution in [3.8, 4) is 0 Å². The minimum absolute atomic E-state index is 0.109. The molecule has 6 heteroatoms. The third-order valence-corrected chi connectivity index (χ3v) is 9.31. The van der Waals surface area contributed by atoms with Crippen molar-refractivity contribution in [1.29, 1.82) is 0 Å². The Morgan fingerprint density at radius 1 is 1.09 bits per heavy atom. The molecule has 0 amide bonds. The molecular formula is C17H30O5Si. The van der Waals surface area contributed by atoms with Gasteiger partial charge in [-0.3, -0.25) is 4.79 Å². The van der Waals surface area contributed by atoms with Gasteiger partial charge >= 0.3 is 5.97 Å². The summed E-state index contributed by atoms with van der Waals surface area (Å²) in [5, 5.41) is 0.109. The van der Waals surface area contributed by atoms with Crippen molar-refractivity contribution in [3.05, 3.63) is 12.2 Å². The van der Waals surface area contributed by atoms with E-state index in [1.807, 2.05) is 26.0 Å². The Labute approximate surface area is 140 Å². The molecule has 0 aromatic heterocycles. The molecule has 2 rings (SSSR count). The van der Waals surface area contributed by atoms with Crippen molar-refractivity contribution in [2.24, 2.45) is 0 Å². The fourth-order valence-corrected chi connectivity index (χ4v) is 3.93. The highest BCUT2D eigenvalue weighted by atomic mass is 28.4. The van der Waals surface area contributed by atoms with Crippen LogP contribution >= 0.6 is 0 Å². The number of carbonyl (C=O) groups excluding carboxylic acids is 1. The van der Waals surface area contributed by atoms with Crippen molar-refractivity contribution in [2.75, 3.05) is 0 Å². The van der Waals surface area contributed by atoms with Crippen molar-refractivity contribution < 1.29 is 23.4 Å². The second-order valence-corrected chi connectivity index (χ2v) is 13.1. The van der Waals surface area contributed by atoms with Crippen LogP contribution < -0.4 is 0 Å². The second kappa shape index (κ2) is 5.99. The van der Waals surface area contributed by atoms with E-state index in [0.29, 0.717) is 0 Å². The van der Waals surface area contributed by atoms with Crippen LogP contribution in [0.25, 0.3) is 0 Å². The molecule has 132 valence electrons. The number of fused-ring (bicyclic) bond motifs is 1. The van der Waals surface area contributed by atoms with Gasteiger partial charge in [0, 0.05) is 6.92 Å². The van der Waals surface area contributed by atoms with E-state index in [1.165, 1.54) is 6.92 Å². The van der Waals surface area contributed by atoms with Crippen LogP contribution in [-0.2, 0) is 23.4 Å². The zero-order chi connectivity index (χ0) is 17.6. The summed E-state index contributed by atoms with van der Waals surface area (Å²) in [6.07, 6.45) is 2.60. The van der Waals surface area contributed by atoms with Crippen molar-refractivity contribution in [1.82, 2.24) is 0 Å². The van der Waals surface area contributed by atoms with E-state index < -0.39 is 20.2 Å². The molecule has 1 fully saturated rings. The molecule has 0 radical (unpaired) electrons. The van der Waals surface area contributed by atoms with Crippen molar-refractivity contribution in [3.63, 3.8) is 0 Å². The van der Waals surface area contributed by atoms with Gasteiger partial charge in [0.25, 0.3) is 0 Å². The highest BCUT2D eigenvalue weighted by molar-refractivity contribution is 6.74. The number of esters is 1. The molecule has 0 saturated carbocycles. The van der Waals surface area contributed by atoms with Crippen LogP contribution in [0.3, 0.4) is 0 Å². The molecule has 0 aromatic carbocycles. The maximum atomic E-state index is 11.3. The average molecular weight is 343 g/mol. The predicted octanol–water partition coefficient (Wildman–Crippen LogP) is 3.40. The molecule has 0 unspecified atom stereocenters. The number of hydrogen-bond acceptors (Lipinski definition) is 5. The van der Waals surface area contributed by atoms with E-state index in [4.69, 9.17) is 18.6 Å². The SMILES string of the molecule is CC(=O)O[C@@H]1C=C[C@H](O[Si](C)(C)C(C)(C)C)[C@H]2OC(C)(C)O[C@H]21. The summed E-state index contributed by atoms with van der Waals surface area (Å²) >= 11 is 0. The molecule has 1 heterocycles. The number of rotatable bonds is 3. The van der Waals surface area contributed by atoms with Gasteiger partial charge in [-0.25, -0.2) is 0 Å². The van der Waals surface area contributed by atoms with Crippen LogP contribution in [0.4, 0.5) is 0 Å². The van der Waals surface area contributed by atoms with Crippen LogP contribution in [0.5, 0.6) is 0 Å². The van der Waals surface area contributed by atoms with E-state index in [2.05, 4.69) is 33.9 Å². The molecule has 0 spiro atoms. The summed E-state index contributed by atoms with van der Waals surface area (Å²) in [5.74, 6) is -1.04. The zero-order valence-corrected chi connectivity index (χ0v) is 16.5. The van der Waals surface area contributed by atoms with Gasteiger partial charge < -0.3 is 18.6 Å². The normalized spacial score (nSPS) is 33.4. The van der Waals surface area contributed by atoms with E-state index in [0.717, 1.165) is 0 Å². The third-order valence-electron chi connectivity index (χ3n) is 4.84. The fourth-order valence-electron chi connectivity index (χ4n) is 2.68. The summed E-state index contributed by atoms with van der Waals surface area (Å²) < 4.78 is 23.9. The lowest BCUT2D eigenvalue weighted by molar-refractivity contribution is -0.165. The Morgan fingerprint density at radius 3 is 2.04 bits per heavy atom. The van der Waals surface area contributed by atoms with Crippen LogP contribution in [0.15, 0.2) is 12.2 Å². The molecule has 1 saturated heterocycles. The Kier molecular flexibility index (Phi) is 4.85. The second-order valence-electron chi connectivity index (χ2n) is 8.37. The lowest BCUT2D eigenvalue weighted by atomic mass is 9.96. The lowest BCUT2D eigenvalue weighted by Crippen LogP contribution is -2.52. The molecule has 23 heavy (non-hydrogen) atoms. The van der Waals surface area contributed by atoms with Gasteiger partial charge in [0.05, 0.1) is 6.10 Å². The smallest absolute Gasteiger partial charge is 0.303 e. The first kappa shape index (κ1) is 18.6. The third kappa shape index (κ3) is 4.05. The average Bonchev–Trinajstić information content (AvgIpc) is 2.66. The van der Waals surface area contributed by atoms with Crippen LogP contribution in [0.1, 0.15) is 41.5 Å². The van der Waals surface area contributed by atoms with Crippen LogP contribution in [-0.4, -0.2) is 44.5 Å². The Morgan fingerprint density at radius 2 is 1.57 bits per heavy atom. The van der Waals surface area contributed by atoms with E-state index in [1.54, 1.807) is 0 Å². The lowest BCUT2D eigenvalue weighted by Gasteiger charge is -2.42. The van der Waals surface area contributed by atoms with Crippen LogP contribution in [0, 0.1) is 0 Å². The molecular weight excluding hydrogens is 312 g/mol. The predicted molar refractivity (Wildman–Crippen MR) is 90.6 cm³/mol. The summed E-state index contributed by atoms with van der Waals surface area (Å²) in [5.41, 5.74) is 0. The van der Waals surface area contributed by atoms with Gasteiger partial charge in [-0.2, -0.15) is 0 Å². The summed E-state index contributed by atoms with van der Waals surface area (Å²) in [6.45, 7) is 16.2. The summed E-state index contributed by atoms with van der Waals surface area (Å²) in [6, 6.07) is 0.